The van der Waals surface area contributed by atoms with E-state index in [1.54, 1.807) is 31.2 Å². The Hall–Kier alpha value is -2.63. The molecule has 0 aliphatic rings. The highest BCUT2D eigenvalue weighted by atomic mass is 16.4. The fraction of sp³-hybridized carbons (Fsp3) is 0.267. The van der Waals surface area contributed by atoms with E-state index in [2.05, 4.69) is 10.3 Å². The van der Waals surface area contributed by atoms with E-state index >= 15 is 0 Å². The number of pyridine rings is 1. The zero-order valence-corrected chi connectivity index (χ0v) is 11.8. The average molecular weight is 288 g/mol. The van der Waals surface area contributed by atoms with E-state index in [0.717, 1.165) is 0 Å². The molecule has 1 unspecified atom stereocenters. The molecule has 110 valence electrons. The van der Waals surface area contributed by atoms with Crippen molar-refractivity contribution in [3.63, 3.8) is 0 Å². The summed E-state index contributed by atoms with van der Waals surface area (Å²) in [6.07, 6.45) is 0.228. The molecule has 0 aliphatic carbocycles. The van der Waals surface area contributed by atoms with Crippen molar-refractivity contribution in [2.24, 2.45) is 0 Å². The number of aromatic amines is 1. The predicted molar refractivity (Wildman–Crippen MR) is 78.4 cm³/mol. The van der Waals surface area contributed by atoms with Crippen molar-refractivity contribution in [3.05, 3.63) is 46.4 Å². The molecule has 21 heavy (non-hydrogen) atoms. The van der Waals surface area contributed by atoms with Gasteiger partial charge in [0.15, 0.2) is 0 Å². The summed E-state index contributed by atoms with van der Waals surface area (Å²) in [7, 11) is 0. The van der Waals surface area contributed by atoms with Crippen molar-refractivity contribution < 1.29 is 14.7 Å². The zero-order valence-electron chi connectivity index (χ0n) is 11.8. The van der Waals surface area contributed by atoms with E-state index in [9.17, 15) is 14.4 Å². The van der Waals surface area contributed by atoms with Crippen LogP contribution in [-0.2, 0) is 4.79 Å². The number of carbonyl (C=O) groups excluding carboxylic acids is 1. The SMILES string of the molecule is CCC(C)(NC(=O)c1cc2ccccc2c(=O)[nH]1)C(=O)O. The second-order valence-electron chi connectivity index (χ2n) is 5.04. The Bertz CT molecular complexity index is 766. The van der Waals surface area contributed by atoms with E-state index in [1.807, 2.05) is 0 Å². The van der Waals surface area contributed by atoms with Gasteiger partial charge in [-0.25, -0.2) is 4.79 Å². The van der Waals surface area contributed by atoms with Crippen LogP contribution in [0.3, 0.4) is 0 Å². The van der Waals surface area contributed by atoms with Crippen LogP contribution in [0.1, 0.15) is 30.8 Å². The number of aliphatic carboxylic acids is 1. The Balaban J connectivity index is 2.41. The number of carbonyl (C=O) groups is 2. The average Bonchev–Trinajstić information content (AvgIpc) is 2.46. The first-order chi connectivity index (χ1) is 9.87. The van der Waals surface area contributed by atoms with Gasteiger partial charge in [-0.1, -0.05) is 25.1 Å². The third-order valence-electron chi connectivity index (χ3n) is 3.57. The Morgan fingerprint density at radius 3 is 2.62 bits per heavy atom. The van der Waals surface area contributed by atoms with Crippen LogP contribution in [-0.4, -0.2) is 27.5 Å². The van der Waals surface area contributed by atoms with Gasteiger partial charge in [-0.3, -0.25) is 9.59 Å². The molecule has 3 N–H and O–H groups in total. The normalized spacial score (nSPS) is 13.6. The molecule has 1 aromatic heterocycles. The van der Waals surface area contributed by atoms with E-state index in [0.29, 0.717) is 10.8 Å². The van der Waals surface area contributed by atoms with Crippen LogP contribution in [0.25, 0.3) is 10.8 Å². The van der Waals surface area contributed by atoms with Gasteiger partial charge in [0.05, 0.1) is 0 Å². The minimum absolute atomic E-state index is 0.0413. The fourth-order valence-electron chi connectivity index (χ4n) is 1.94. The van der Waals surface area contributed by atoms with Gasteiger partial charge in [-0.05, 0) is 30.9 Å². The Labute approximate surface area is 120 Å². The number of fused-ring (bicyclic) bond motifs is 1. The third-order valence-corrected chi connectivity index (χ3v) is 3.57. The first-order valence-electron chi connectivity index (χ1n) is 6.55. The molecule has 1 amide bonds. The number of amides is 1. The molecule has 1 atom stereocenters. The topological polar surface area (TPSA) is 99.3 Å². The molecule has 0 radical (unpaired) electrons. The number of H-pyrrole nitrogens is 1. The summed E-state index contributed by atoms with van der Waals surface area (Å²) < 4.78 is 0. The summed E-state index contributed by atoms with van der Waals surface area (Å²) in [5.74, 6) is -1.74. The van der Waals surface area contributed by atoms with Crippen molar-refractivity contribution in [2.45, 2.75) is 25.8 Å². The van der Waals surface area contributed by atoms with Gasteiger partial charge in [0.2, 0.25) is 0 Å². The highest BCUT2D eigenvalue weighted by Crippen LogP contribution is 2.13. The van der Waals surface area contributed by atoms with Crippen LogP contribution in [0, 0.1) is 0 Å². The van der Waals surface area contributed by atoms with Gasteiger partial charge >= 0.3 is 5.97 Å². The quantitative estimate of drug-likeness (QED) is 0.794. The lowest BCUT2D eigenvalue weighted by atomic mass is 9.99. The van der Waals surface area contributed by atoms with E-state index in [4.69, 9.17) is 5.11 Å². The lowest BCUT2D eigenvalue weighted by Gasteiger charge is -2.24. The van der Waals surface area contributed by atoms with Crippen LogP contribution in [0.4, 0.5) is 0 Å². The van der Waals surface area contributed by atoms with Crippen molar-refractivity contribution in [2.75, 3.05) is 0 Å². The molecule has 2 rings (SSSR count). The number of carboxylic acid groups (broad SMARTS) is 1. The minimum Gasteiger partial charge on any atom is -0.480 e. The monoisotopic (exact) mass is 288 g/mol. The first kappa shape index (κ1) is 14.8. The summed E-state index contributed by atoms with van der Waals surface area (Å²) in [5.41, 5.74) is -1.72. The number of aromatic nitrogens is 1. The van der Waals surface area contributed by atoms with Gasteiger partial charge in [-0.15, -0.1) is 0 Å². The summed E-state index contributed by atoms with van der Waals surface area (Å²) in [5, 5.41) is 12.7. The second-order valence-corrected chi connectivity index (χ2v) is 5.04. The molecule has 0 aliphatic heterocycles. The van der Waals surface area contributed by atoms with Gasteiger partial charge in [0.1, 0.15) is 11.2 Å². The minimum atomic E-state index is -1.38. The fourth-order valence-corrected chi connectivity index (χ4v) is 1.94. The van der Waals surface area contributed by atoms with Gasteiger partial charge in [0.25, 0.3) is 11.5 Å². The van der Waals surface area contributed by atoms with Gasteiger partial charge in [-0.2, -0.15) is 0 Å². The standard InChI is InChI=1S/C15H16N2O4/c1-3-15(2,14(20)21)17-13(19)11-8-9-6-4-5-7-10(9)12(18)16-11/h4-8H,3H2,1-2H3,(H,16,18)(H,17,19)(H,20,21). The first-order valence-corrected chi connectivity index (χ1v) is 6.55. The smallest absolute Gasteiger partial charge is 0.329 e. The third kappa shape index (κ3) is 2.79. The van der Waals surface area contributed by atoms with Crippen LogP contribution < -0.4 is 10.9 Å². The van der Waals surface area contributed by atoms with Crippen LogP contribution in [0.5, 0.6) is 0 Å². The molecular weight excluding hydrogens is 272 g/mol. The molecule has 1 heterocycles. The van der Waals surface area contributed by atoms with Gasteiger partial charge in [0, 0.05) is 5.39 Å². The molecule has 0 saturated heterocycles. The largest absolute Gasteiger partial charge is 0.480 e. The van der Waals surface area contributed by atoms with Gasteiger partial charge < -0.3 is 15.4 Å². The Kier molecular flexibility index (Phi) is 3.80. The maximum Gasteiger partial charge on any atom is 0.329 e. The van der Waals surface area contributed by atoms with Crippen molar-refractivity contribution in [1.82, 2.24) is 10.3 Å². The second kappa shape index (κ2) is 5.40. The molecular formula is C15H16N2O4. The molecule has 0 spiro atoms. The van der Waals surface area contributed by atoms with Crippen molar-refractivity contribution in [1.29, 1.82) is 0 Å². The summed E-state index contributed by atoms with van der Waals surface area (Å²) in [6.45, 7) is 3.09. The number of hydrogen-bond acceptors (Lipinski definition) is 3. The predicted octanol–water partition coefficient (Wildman–Crippen LogP) is 1.51. The number of carboxylic acids is 1. The Morgan fingerprint density at radius 1 is 1.33 bits per heavy atom. The highest BCUT2D eigenvalue weighted by molar-refractivity contribution is 5.98. The van der Waals surface area contributed by atoms with Crippen LogP contribution in [0.15, 0.2) is 35.1 Å². The Morgan fingerprint density at radius 2 is 2.00 bits per heavy atom. The molecule has 0 bridgehead atoms. The number of rotatable bonds is 4. The lowest BCUT2D eigenvalue weighted by Crippen LogP contribution is -2.52. The molecule has 6 nitrogen and oxygen atoms in total. The van der Waals surface area contributed by atoms with E-state index in [1.165, 1.54) is 13.0 Å². The molecule has 0 fully saturated rings. The lowest BCUT2D eigenvalue weighted by molar-refractivity contribution is -0.143. The number of hydrogen-bond donors (Lipinski definition) is 3. The molecule has 0 saturated carbocycles. The maximum atomic E-state index is 12.2. The molecule has 1 aromatic carbocycles. The number of benzene rings is 1. The maximum absolute atomic E-state index is 12.2. The molecule has 2 aromatic rings. The van der Waals surface area contributed by atoms with Crippen LogP contribution >= 0.6 is 0 Å². The molecule has 6 heteroatoms. The summed E-state index contributed by atoms with van der Waals surface area (Å²) >= 11 is 0. The summed E-state index contributed by atoms with van der Waals surface area (Å²) in [6, 6.07) is 8.40. The zero-order chi connectivity index (χ0) is 15.6. The van der Waals surface area contributed by atoms with E-state index in [-0.39, 0.29) is 17.7 Å². The van der Waals surface area contributed by atoms with Crippen LogP contribution in [0.2, 0.25) is 0 Å². The highest BCUT2D eigenvalue weighted by Gasteiger charge is 2.33. The van der Waals surface area contributed by atoms with Crippen molar-refractivity contribution >= 4 is 22.6 Å². The van der Waals surface area contributed by atoms with Crippen molar-refractivity contribution in [3.8, 4) is 0 Å². The number of nitrogens with one attached hydrogen (secondary N) is 2. The van der Waals surface area contributed by atoms with E-state index < -0.39 is 17.4 Å². The summed E-state index contributed by atoms with van der Waals surface area (Å²) in [4.78, 5) is 37.8.